The lowest BCUT2D eigenvalue weighted by Gasteiger charge is -2.22. The molecule has 1 amide bonds. The molecule has 0 radical (unpaired) electrons. The quantitative estimate of drug-likeness (QED) is 0.813. The minimum Gasteiger partial charge on any atom is -0.331 e. The van der Waals surface area contributed by atoms with Crippen molar-refractivity contribution in [1.82, 2.24) is 14.7 Å². The number of nitrogens with zero attached hydrogens (tertiary/aromatic N) is 3. The number of amides is 1. The van der Waals surface area contributed by atoms with E-state index in [1.807, 2.05) is 18.2 Å². The summed E-state index contributed by atoms with van der Waals surface area (Å²) in [5.41, 5.74) is 0.821. The molecule has 6 heteroatoms. The van der Waals surface area contributed by atoms with Gasteiger partial charge in [-0.2, -0.15) is 5.10 Å². The Bertz CT molecular complexity index is 529. The van der Waals surface area contributed by atoms with E-state index in [9.17, 15) is 13.6 Å². The Morgan fingerprint density at radius 1 is 1.25 bits per heavy atom. The Kier molecular flexibility index (Phi) is 4.81. The fraction of sp³-hybridized carbons (Fsp3) is 0.286. The fourth-order valence-corrected chi connectivity index (χ4v) is 1.86. The van der Waals surface area contributed by atoms with Crippen molar-refractivity contribution in [3.05, 3.63) is 54.4 Å². The molecular formula is C14H15F2N3O. The molecule has 1 aromatic carbocycles. The fourth-order valence-electron chi connectivity index (χ4n) is 1.86. The molecule has 0 bridgehead atoms. The van der Waals surface area contributed by atoms with Crippen molar-refractivity contribution in [1.29, 1.82) is 0 Å². The molecule has 0 saturated carbocycles. The Morgan fingerprint density at radius 2 is 2.00 bits per heavy atom. The molecular weight excluding hydrogens is 264 g/mol. The van der Waals surface area contributed by atoms with Crippen molar-refractivity contribution in [2.75, 3.05) is 6.54 Å². The van der Waals surface area contributed by atoms with Crippen LogP contribution in [-0.2, 0) is 17.9 Å². The Labute approximate surface area is 115 Å². The Hall–Kier alpha value is -2.24. The molecule has 0 saturated heterocycles. The van der Waals surface area contributed by atoms with Crippen LogP contribution in [0.2, 0.25) is 0 Å². The van der Waals surface area contributed by atoms with E-state index in [4.69, 9.17) is 0 Å². The van der Waals surface area contributed by atoms with Crippen LogP contribution in [0.4, 0.5) is 8.78 Å². The highest BCUT2D eigenvalue weighted by atomic mass is 19.3. The van der Waals surface area contributed by atoms with Gasteiger partial charge in [-0.25, -0.2) is 8.78 Å². The third-order valence-electron chi connectivity index (χ3n) is 2.78. The highest BCUT2D eigenvalue weighted by Gasteiger charge is 2.18. The summed E-state index contributed by atoms with van der Waals surface area (Å²) in [5.74, 6) is -0.377. The number of hydrogen-bond donors (Lipinski definition) is 0. The number of hydrogen-bond acceptors (Lipinski definition) is 2. The molecule has 0 aliphatic rings. The first-order chi connectivity index (χ1) is 9.65. The van der Waals surface area contributed by atoms with Gasteiger partial charge in [-0.3, -0.25) is 9.48 Å². The van der Waals surface area contributed by atoms with Gasteiger partial charge in [0, 0.05) is 18.9 Å². The second-order valence-electron chi connectivity index (χ2n) is 4.35. The standard InChI is InChI=1S/C14H15F2N3O/c15-13(16)10-18(9-12-5-2-1-3-6-12)14(20)11-19-8-4-7-17-19/h1-8,13H,9-11H2. The minimum absolute atomic E-state index is 0.0352. The van der Waals surface area contributed by atoms with Crippen LogP contribution < -0.4 is 0 Å². The van der Waals surface area contributed by atoms with Crippen molar-refractivity contribution in [2.24, 2.45) is 0 Å². The summed E-state index contributed by atoms with van der Waals surface area (Å²) in [6.45, 7) is -0.438. The molecule has 0 atom stereocenters. The highest BCUT2D eigenvalue weighted by molar-refractivity contribution is 5.75. The third-order valence-corrected chi connectivity index (χ3v) is 2.78. The van der Waals surface area contributed by atoms with Gasteiger partial charge in [0.05, 0.1) is 6.54 Å². The van der Waals surface area contributed by atoms with E-state index in [0.29, 0.717) is 0 Å². The Balaban J connectivity index is 2.04. The van der Waals surface area contributed by atoms with E-state index in [1.165, 1.54) is 4.68 Å². The normalized spacial score (nSPS) is 10.8. The third kappa shape index (κ3) is 4.15. The van der Waals surface area contributed by atoms with Crippen LogP contribution in [0.25, 0.3) is 0 Å². The molecule has 0 spiro atoms. The molecule has 1 heterocycles. The van der Waals surface area contributed by atoms with Gasteiger partial charge in [-0.05, 0) is 11.6 Å². The van der Waals surface area contributed by atoms with Gasteiger partial charge in [0.2, 0.25) is 5.91 Å². The lowest BCUT2D eigenvalue weighted by atomic mass is 10.2. The smallest absolute Gasteiger partial charge is 0.255 e. The summed E-state index contributed by atoms with van der Waals surface area (Å²) < 4.78 is 26.6. The monoisotopic (exact) mass is 279 g/mol. The molecule has 20 heavy (non-hydrogen) atoms. The maximum absolute atomic E-state index is 12.6. The first-order valence-electron chi connectivity index (χ1n) is 6.22. The van der Waals surface area contributed by atoms with Crippen LogP contribution in [-0.4, -0.2) is 33.6 Å². The lowest BCUT2D eigenvalue weighted by molar-refractivity contribution is -0.134. The van der Waals surface area contributed by atoms with Crippen LogP contribution in [0.1, 0.15) is 5.56 Å². The molecule has 1 aromatic heterocycles. The summed E-state index contributed by atoms with van der Waals surface area (Å²) in [4.78, 5) is 13.2. The molecule has 2 rings (SSSR count). The number of alkyl halides is 2. The molecule has 0 aliphatic carbocycles. The second-order valence-corrected chi connectivity index (χ2v) is 4.35. The van der Waals surface area contributed by atoms with Crippen molar-refractivity contribution in [3.8, 4) is 0 Å². The van der Waals surface area contributed by atoms with E-state index in [-0.39, 0.29) is 19.0 Å². The van der Waals surface area contributed by atoms with Crippen molar-refractivity contribution in [3.63, 3.8) is 0 Å². The van der Waals surface area contributed by atoms with Gasteiger partial charge in [0.15, 0.2) is 0 Å². The van der Waals surface area contributed by atoms with Crippen LogP contribution in [0.15, 0.2) is 48.8 Å². The largest absolute Gasteiger partial charge is 0.331 e. The summed E-state index contributed by atoms with van der Waals surface area (Å²) in [6.07, 6.45) is 0.614. The van der Waals surface area contributed by atoms with Crippen LogP contribution in [0, 0.1) is 0 Å². The van der Waals surface area contributed by atoms with Gasteiger partial charge in [0.25, 0.3) is 6.43 Å². The molecule has 0 aliphatic heterocycles. The first-order valence-corrected chi connectivity index (χ1v) is 6.22. The number of aromatic nitrogens is 2. The molecule has 0 fully saturated rings. The number of rotatable bonds is 6. The number of benzene rings is 1. The molecule has 0 unspecified atom stereocenters. The highest BCUT2D eigenvalue weighted by Crippen LogP contribution is 2.08. The molecule has 4 nitrogen and oxygen atoms in total. The predicted molar refractivity (Wildman–Crippen MR) is 70.1 cm³/mol. The summed E-state index contributed by atoms with van der Waals surface area (Å²) in [6, 6.07) is 10.8. The molecule has 0 N–H and O–H groups in total. The summed E-state index contributed by atoms with van der Waals surface area (Å²) >= 11 is 0. The number of halogens is 2. The molecule has 2 aromatic rings. The van der Waals surface area contributed by atoms with Crippen LogP contribution in [0.5, 0.6) is 0 Å². The minimum atomic E-state index is -2.56. The summed E-state index contributed by atoms with van der Waals surface area (Å²) in [5, 5.41) is 3.91. The van der Waals surface area contributed by atoms with E-state index in [1.54, 1.807) is 30.6 Å². The van der Waals surface area contributed by atoms with Crippen molar-refractivity contribution in [2.45, 2.75) is 19.5 Å². The maximum Gasteiger partial charge on any atom is 0.255 e. The van der Waals surface area contributed by atoms with Crippen molar-refractivity contribution >= 4 is 5.91 Å². The van der Waals surface area contributed by atoms with Gasteiger partial charge < -0.3 is 4.90 Å². The number of carbonyl (C=O) groups is 1. The zero-order valence-electron chi connectivity index (χ0n) is 10.8. The topological polar surface area (TPSA) is 38.1 Å². The average Bonchev–Trinajstić information content (AvgIpc) is 2.91. The van der Waals surface area contributed by atoms with Gasteiger partial charge in [-0.15, -0.1) is 0 Å². The van der Waals surface area contributed by atoms with Crippen LogP contribution in [0.3, 0.4) is 0 Å². The average molecular weight is 279 g/mol. The zero-order chi connectivity index (χ0) is 14.4. The van der Waals surface area contributed by atoms with Crippen LogP contribution >= 0.6 is 0 Å². The zero-order valence-corrected chi connectivity index (χ0v) is 10.8. The summed E-state index contributed by atoms with van der Waals surface area (Å²) in [7, 11) is 0. The van der Waals surface area contributed by atoms with E-state index < -0.39 is 13.0 Å². The van der Waals surface area contributed by atoms with Gasteiger partial charge >= 0.3 is 0 Å². The number of carbonyl (C=O) groups excluding carboxylic acids is 1. The second kappa shape index (κ2) is 6.79. The van der Waals surface area contributed by atoms with E-state index >= 15 is 0 Å². The lowest BCUT2D eigenvalue weighted by Crippen LogP contribution is -2.37. The van der Waals surface area contributed by atoms with E-state index in [2.05, 4.69) is 5.10 Å². The first kappa shape index (κ1) is 14.2. The maximum atomic E-state index is 12.6. The van der Waals surface area contributed by atoms with Gasteiger partial charge in [-0.1, -0.05) is 30.3 Å². The Morgan fingerprint density at radius 3 is 2.60 bits per heavy atom. The van der Waals surface area contributed by atoms with Gasteiger partial charge in [0.1, 0.15) is 6.54 Å². The van der Waals surface area contributed by atoms with E-state index in [0.717, 1.165) is 10.5 Å². The SMILES string of the molecule is O=C(Cn1cccn1)N(Cc1ccccc1)CC(F)F. The van der Waals surface area contributed by atoms with Crippen molar-refractivity contribution < 1.29 is 13.6 Å². The molecule has 106 valence electrons. The predicted octanol–water partition coefficient (Wildman–Crippen LogP) is 2.18.